The Balaban J connectivity index is 2.33. The molecule has 0 atom stereocenters. The number of ether oxygens (including phenoxy) is 1. The second kappa shape index (κ2) is 7.68. The Kier molecular flexibility index (Phi) is 6.18. The van der Waals surface area contributed by atoms with E-state index in [0.717, 1.165) is 5.56 Å². The summed E-state index contributed by atoms with van der Waals surface area (Å²) in [5.41, 5.74) is 0.987. The van der Waals surface area contributed by atoms with Gasteiger partial charge in [-0.2, -0.15) is 0 Å². The fourth-order valence-corrected chi connectivity index (χ4v) is 1.47. The lowest BCUT2D eigenvalue weighted by Gasteiger charge is -2.17. The number of aromatic hydroxyl groups is 1. The highest BCUT2D eigenvalue weighted by molar-refractivity contribution is 5.77. The number of carbonyl (C=O) groups excluding carboxylic acids is 1. The van der Waals surface area contributed by atoms with Crippen molar-refractivity contribution >= 4 is 5.91 Å². The molecule has 1 rings (SSSR count). The van der Waals surface area contributed by atoms with Crippen LogP contribution in [-0.2, 0) is 16.1 Å². The molecular weight excluding hydrogens is 232 g/mol. The van der Waals surface area contributed by atoms with Crippen LogP contribution >= 0.6 is 0 Å². The smallest absolute Gasteiger partial charge is 0.236 e. The Morgan fingerprint density at radius 2 is 2.06 bits per heavy atom. The number of likely N-dealkylation sites (N-methyl/N-ethyl adjacent to an activating group) is 1. The van der Waals surface area contributed by atoms with Crippen LogP contribution in [0.5, 0.6) is 5.75 Å². The molecule has 18 heavy (non-hydrogen) atoms. The summed E-state index contributed by atoms with van der Waals surface area (Å²) in [6.07, 6.45) is 0. The van der Waals surface area contributed by atoms with Gasteiger partial charge in [0.2, 0.25) is 5.91 Å². The first-order valence-corrected chi connectivity index (χ1v) is 5.85. The maximum Gasteiger partial charge on any atom is 0.236 e. The van der Waals surface area contributed by atoms with Crippen LogP contribution in [0.25, 0.3) is 0 Å². The number of rotatable bonds is 7. The number of hydrogen-bond donors (Lipinski definition) is 2. The molecular formula is C13H20N2O3. The summed E-state index contributed by atoms with van der Waals surface area (Å²) < 4.78 is 4.88. The quantitative estimate of drug-likeness (QED) is 0.697. The molecule has 0 unspecified atom stereocenters. The maximum absolute atomic E-state index is 11.8. The van der Waals surface area contributed by atoms with Crippen molar-refractivity contribution in [1.29, 1.82) is 0 Å². The number of carbonyl (C=O) groups is 1. The van der Waals surface area contributed by atoms with Gasteiger partial charge in [0, 0.05) is 27.2 Å². The lowest BCUT2D eigenvalue weighted by atomic mass is 10.2. The molecule has 0 aliphatic rings. The van der Waals surface area contributed by atoms with E-state index >= 15 is 0 Å². The van der Waals surface area contributed by atoms with E-state index in [1.807, 2.05) is 0 Å². The summed E-state index contributed by atoms with van der Waals surface area (Å²) in [5, 5.41) is 12.2. The van der Waals surface area contributed by atoms with Gasteiger partial charge in [0.25, 0.3) is 0 Å². The normalized spacial score (nSPS) is 10.3. The van der Waals surface area contributed by atoms with E-state index in [0.29, 0.717) is 26.2 Å². The number of nitrogens with zero attached hydrogens (tertiary/aromatic N) is 1. The molecule has 5 heteroatoms. The van der Waals surface area contributed by atoms with E-state index in [9.17, 15) is 4.79 Å². The Morgan fingerprint density at radius 3 is 2.67 bits per heavy atom. The Hall–Kier alpha value is -1.59. The molecule has 1 aromatic carbocycles. The number of phenols is 1. The summed E-state index contributed by atoms with van der Waals surface area (Å²) >= 11 is 0. The molecule has 0 aromatic heterocycles. The second-order valence-corrected chi connectivity index (χ2v) is 4.09. The van der Waals surface area contributed by atoms with Gasteiger partial charge in [0.15, 0.2) is 0 Å². The molecule has 0 aliphatic carbocycles. The number of nitrogens with one attached hydrogen (secondary N) is 1. The van der Waals surface area contributed by atoms with Crippen LogP contribution < -0.4 is 5.32 Å². The fourth-order valence-electron chi connectivity index (χ4n) is 1.47. The third-order valence-corrected chi connectivity index (χ3v) is 2.54. The van der Waals surface area contributed by atoms with Crippen LogP contribution in [0.3, 0.4) is 0 Å². The first kappa shape index (κ1) is 14.5. The Labute approximate surface area is 107 Å². The topological polar surface area (TPSA) is 61.8 Å². The van der Waals surface area contributed by atoms with Gasteiger partial charge in [0.1, 0.15) is 5.75 Å². The number of benzene rings is 1. The molecule has 5 nitrogen and oxygen atoms in total. The molecule has 0 fully saturated rings. The predicted octanol–water partition coefficient (Wildman–Crippen LogP) is 0.587. The molecule has 0 bridgehead atoms. The lowest BCUT2D eigenvalue weighted by Crippen LogP contribution is -2.36. The SMILES string of the molecule is COCCNCC(=O)N(C)Cc1ccc(O)cc1. The maximum atomic E-state index is 11.8. The van der Waals surface area contributed by atoms with Crippen molar-refractivity contribution < 1.29 is 14.6 Å². The van der Waals surface area contributed by atoms with Crippen molar-refractivity contribution in [3.8, 4) is 5.75 Å². The first-order valence-electron chi connectivity index (χ1n) is 5.85. The molecule has 0 saturated carbocycles. The summed E-state index contributed by atoms with van der Waals surface area (Å²) in [5.74, 6) is 0.258. The second-order valence-electron chi connectivity index (χ2n) is 4.09. The molecule has 0 saturated heterocycles. The van der Waals surface area contributed by atoms with E-state index in [2.05, 4.69) is 5.32 Å². The van der Waals surface area contributed by atoms with Crippen molar-refractivity contribution in [2.75, 3.05) is 33.9 Å². The first-order chi connectivity index (χ1) is 8.63. The van der Waals surface area contributed by atoms with Gasteiger partial charge in [-0.25, -0.2) is 0 Å². The van der Waals surface area contributed by atoms with E-state index in [1.54, 1.807) is 43.3 Å². The summed E-state index contributed by atoms with van der Waals surface area (Å²) in [6.45, 7) is 2.09. The minimum Gasteiger partial charge on any atom is -0.508 e. The van der Waals surface area contributed by atoms with Crippen LogP contribution in [0.1, 0.15) is 5.56 Å². The molecule has 1 amide bonds. The third-order valence-electron chi connectivity index (χ3n) is 2.54. The zero-order chi connectivity index (χ0) is 13.4. The molecule has 0 aliphatic heterocycles. The van der Waals surface area contributed by atoms with Crippen molar-refractivity contribution in [2.24, 2.45) is 0 Å². The highest BCUT2D eigenvalue weighted by atomic mass is 16.5. The van der Waals surface area contributed by atoms with Gasteiger partial charge in [-0.15, -0.1) is 0 Å². The van der Waals surface area contributed by atoms with Gasteiger partial charge in [-0.05, 0) is 17.7 Å². The van der Waals surface area contributed by atoms with Gasteiger partial charge in [-0.3, -0.25) is 4.79 Å². The molecule has 0 spiro atoms. The highest BCUT2D eigenvalue weighted by Gasteiger charge is 2.08. The Morgan fingerprint density at radius 1 is 1.39 bits per heavy atom. The van der Waals surface area contributed by atoms with E-state index in [4.69, 9.17) is 9.84 Å². The monoisotopic (exact) mass is 252 g/mol. The van der Waals surface area contributed by atoms with Gasteiger partial charge >= 0.3 is 0 Å². The van der Waals surface area contributed by atoms with Crippen LogP contribution in [0.15, 0.2) is 24.3 Å². The van der Waals surface area contributed by atoms with Crippen molar-refractivity contribution in [1.82, 2.24) is 10.2 Å². The lowest BCUT2D eigenvalue weighted by molar-refractivity contribution is -0.129. The average molecular weight is 252 g/mol. The number of methoxy groups -OCH3 is 1. The van der Waals surface area contributed by atoms with Gasteiger partial charge < -0.3 is 20.1 Å². The zero-order valence-corrected chi connectivity index (χ0v) is 10.8. The van der Waals surface area contributed by atoms with Crippen molar-refractivity contribution in [3.63, 3.8) is 0 Å². The number of hydrogen-bond acceptors (Lipinski definition) is 4. The Bertz CT molecular complexity index is 365. The molecule has 0 radical (unpaired) electrons. The van der Waals surface area contributed by atoms with Gasteiger partial charge in [-0.1, -0.05) is 12.1 Å². The summed E-state index contributed by atoms with van der Waals surface area (Å²) in [6, 6.07) is 6.84. The average Bonchev–Trinajstić information content (AvgIpc) is 2.37. The van der Waals surface area contributed by atoms with Crippen LogP contribution in [0.4, 0.5) is 0 Å². The predicted molar refractivity (Wildman–Crippen MR) is 69.3 cm³/mol. The number of amides is 1. The van der Waals surface area contributed by atoms with Crippen LogP contribution in [-0.4, -0.2) is 49.8 Å². The van der Waals surface area contributed by atoms with E-state index in [1.165, 1.54) is 0 Å². The van der Waals surface area contributed by atoms with Crippen molar-refractivity contribution in [2.45, 2.75) is 6.54 Å². The molecule has 0 heterocycles. The molecule has 100 valence electrons. The number of phenolic OH excluding ortho intramolecular Hbond substituents is 1. The summed E-state index contributed by atoms with van der Waals surface area (Å²) in [7, 11) is 3.38. The van der Waals surface area contributed by atoms with E-state index < -0.39 is 0 Å². The standard InChI is InChI=1S/C13H20N2O3/c1-15(13(17)9-14-7-8-18-2)10-11-3-5-12(16)6-4-11/h3-6,14,16H,7-10H2,1-2H3. The van der Waals surface area contributed by atoms with Crippen molar-refractivity contribution in [3.05, 3.63) is 29.8 Å². The zero-order valence-electron chi connectivity index (χ0n) is 10.8. The molecule has 2 N–H and O–H groups in total. The third kappa shape index (κ3) is 5.16. The minimum absolute atomic E-state index is 0.0270. The van der Waals surface area contributed by atoms with E-state index in [-0.39, 0.29) is 11.7 Å². The van der Waals surface area contributed by atoms with Crippen LogP contribution in [0.2, 0.25) is 0 Å². The summed E-state index contributed by atoms with van der Waals surface area (Å²) in [4.78, 5) is 13.4. The largest absolute Gasteiger partial charge is 0.508 e. The van der Waals surface area contributed by atoms with Gasteiger partial charge in [0.05, 0.1) is 13.2 Å². The minimum atomic E-state index is 0.0270. The van der Waals surface area contributed by atoms with Crippen LogP contribution in [0, 0.1) is 0 Å². The highest BCUT2D eigenvalue weighted by Crippen LogP contribution is 2.10. The molecule has 1 aromatic rings. The fraction of sp³-hybridized carbons (Fsp3) is 0.462.